The third kappa shape index (κ3) is 3.55. The lowest BCUT2D eigenvalue weighted by molar-refractivity contribution is 0.0941. The number of nitrogens with zero attached hydrogens (tertiary/aromatic N) is 1. The van der Waals surface area contributed by atoms with Crippen molar-refractivity contribution in [2.75, 3.05) is 19.6 Å². The van der Waals surface area contributed by atoms with E-state index in [4.69, 9.17) is 0 Å². The first-order chi connectivity index (χ1) is 13.1. The Morgan fingerprint density at radius 3 is 2.81 bits per heavy atom. The highest BCUT2D eigenvalue weighted by Gasteiger charge is 2.19. The molecule has 27 heavy (non-hydrogen) atoms. The van der Waals surface area contributed by atoms with Crippen LogP contribution in [0.2, 0.25) is 0 Å². The first-order valence-corrected chi connectivity index (χ1v) is 9.05. The molecule has 1 amide bonds. The molecule has 0 saturated carbocycles. The van der Waals surface area contributed by atoms with Gasteiger partial charge in [-0.05, 0) is 55.6 Å². The van der Waals surface area contributed by atoms with E-state index in [2.05, 4.69) is 20.8 Å². The van der Waals surface area contributed by atoms with E-state index < -0.39 is 11.6 Å². The van der Waals surface area contributed by atoms with Crippen molar-refractivity contribution in [3.63, 3.8) is 0 Å². The van der Waals surface area contributed by atoms with Crippen LogP contribution in [0.25, 0.3) is 22.0 Å². The zero-order valence-electron chi connectivity index (χ0n) is 14.7. The molecule has 3 aromatic rings. The minimum absolute atomic E-state index is 0.152. The van der Waals surface area contributed by atoms with Gasteiger partial charge in [0, 0.05) is 17.5 Å². The summed E-state index contributed by atoms with van der Waals surface area (Å²) in [6.07, 6.45) is 2.06. The Labute approximate surface area is 155 Å². The standard InChI is InChI=1S/C20H20F2N4O/c21-16-3-1-2-14(18(16)22)13-4-5-17-15(10-13)19(26-25-17)20(27)24-11-12-6-8-23-9-7-12/h1-5,10,12,23H,6-9,11H2,(H,24,27)(H,25,26). The second-order valence-corrected chi connectivity index (χ2v) is 6.84. The molecule has 1 aliphatic heterocycles. The van der Waals surface area contributed by atoms with E-state index in [1.54, 1.807) is 18.2 Å². The van der Waals surface area contributed by atoms with Gasteiger partial charge in [0.2, 0.25) is 0 Å². The predicted octanol–water partition coefficient (Wildman–Crippen LogP) is 3.24. The zero-order chi connectivity index (χ0) is 18.8. The van der Waals surface area contributed by atoms with Crippen molar-refractivity contribution in [2.24, 2.45) is 5.92 Å². The molecular formula is C20H20F2N4O. The number of fused-ring (bicyclic) bond motifs is 1. The molecule has 1 aliphatic rings. The van der Waals surface area contributed by atoms with Gasteiger partial charge in [-0.1, -0.05) is 18.2 Å². The van der Waals surface area contributed by atoms with Gasteiger partial charge in [0.15, 0.2) is 17.3 Å². The second-order valence-electron chi connectivity index (χ2n) is 6.84. The van der Waals surface area contributed by atoms with Crippen molar-refractivity contribution in [3.8, 4) is 11.1 Å². The average molecular weight is 370 g/mol. The quantitative estimate of drug-likeness (QED) is 0.660. The Morgan fingerprint density at radius 1 is 1.19 bits per heavy atom. The third-order valence-electron chi connectivity index (χ3n) is 5.05. The SMILES string of the molecule is O=C(NCC1CCNCC1)c1n[nH]c2ccc(-c3cccc(F)c3F)cc12. The van der Waals surface area contributed by atoms with E-state index in [-0.39, 0.29) is 17.2 Å². The van der Waals surface area contributed by atoms with Crippen LogP contribution < -0.4 is 10.6 Å². The van der Waals surface area contributed by atoms with Gasteiger partial charge in [0.05, 0.1) is 5.52 Å². The number of hydrogen-bond acceptors (Lipinski definition) is 3. The normalized spacial score (nSPS) is 15.2. The minimum atomic E-state index is -0.905. The monoisotopic (exact) mass is 370 g/mol. The smallest absolute Gasteiger partial charge is 0.272 e. The molecule has 4 rings (SSSR count). The van der Waals surface area contributed by atoms with Crippen LogP contribution in [0.15, 0.2) is 36.4 Å². The van der Waals surface area contributed by atoms with E-state index in [9.17, 15) is 13.6 Å². The number of H-pyrrole nitrogens is 1. The van der Waals surface area contributed by atoms with E-state index in [0.717, 1.165) is 32.0 Å². The molecule has 2 heterocycles. The Kier molecular flexibility index (Phi) is 4.85. The van der Waals surface area contributed by atoms with Crippen LogP contribution in [0.3, 0.4) is 0 Å². The topological polar surface area (TPSA) is 69.8 Å². The van der Waals surface area contributed by atoms with Crippen molar-refractivity contribution in [2.45, 2.75) is 12.8 Å². The van der Waals surface area contributed by atoms with Crippen LogP contribution in [0.5, 0.6) is 0 Å². The van der Waals surface area contributed by atoms with Crippen LogP contribution >= 0.6 is 0 Å². The Morgan fingerprint density at radius 2 is 2.00 bits per heavy atom. The number of hydrogen-bond donors (Lipinski definition) is 3. The number of rotatable bonds is 4. The number of benzene rings is 2. The fourth-order valence-electron chi connectivity index (χ4n) is 3.49. The third-order valence-corrected chi connectivity index (χ3v) is 5.05. The van der Waals surface area contributed by atoms with Crippen molar-refractivity contribution < 1.29 is 13.6 Å². The number of carbonyl (C=O) groups is 1. The molecule has 0 spiro atoms. The zero-order valence-corrected chi connectivity index (χ0v) is 14.7. The van der Waals surface area contributed by atoms with Crippen LogP contribution in [-0.2, 0) is 0 Å². The molecule has 0 radical (unpaired) electrons. The Bertz CT molecular complexity index is 979. The molecule has 5 nitrogen and oxygen atoms in total. The molecule has 0 aliphatic carbocycles. The summed E-state index contributed by atoms with van der Waals surface area (Å²) in [4.78, 5) is 12.6. The summed E-state index contributed by atoms with van der Waals surface area (Å²) < 4.78 is 27.7. The molecule has 0 unspecified atom stereocenters. The van der Waals surface area contributed by atoms with Crippen molar-refractivity contribution in [1.29, 1.82) is 0 Å². The number of aromatic nitrogens is 2. The number of piperidine rings is 1. The fourth-order valence-corrected chi connectivity index (χ4v) is 3.49. The van der Waals surface area contributed by atoms with Gasteiger partial charge >= 0.3 is 0 Å². The Balaban J connectivity index is 1.60. The minimum Gasteiger partial charge on any atom is -0.350 e. The van der Waals surface area contributed by atoms with Crippen LogP contribution in [-0.4, -0.2) is 35.7 Å². The van der Waals surface area contributed by atoms with Crippen LogP contribution in [0.4, 0.5) is 8.78 Å². The van der Waals surface area contributed by atoms with Gasteiger partial charge < -0.3 is 10.6 Å². The lowest BCUT2D eigenvalue weighted by Crippen LogP contribution is -2.36. The number of nitrogens with one attached hydrogen (secondary N) is 3. The molecule has 140 valence electrons. The van der Waals surface area contributed by atoms with E-state index >= 15 is 0 Å². The molecule has 1 saturated heterocycles. The predicted molar refractivity (Wildman–Crippen MR) is 99.4 cm³/mol. The fraction of sp³-hybridized carbons (Fsp3) is 0.300. The first-order valence-electron chi connectivity index (χ1n) is 9.05. The van der Waals surface area contributed by atoms with Gasteiger partial charge in [-0.3, -0.25) is 9.89 Å². The summed E-state index contributed by atoms with van der Waals surface area (Å²) in [5, 5.41) is 13.8. The number of amides is 1. The highest BCUT2D eigenvalue weighted by molar-refractivity contribution is 6.05. The van der Waals surface area contributed by atoms with Gasteiger partial charge in [0.25, 0.3) is 5.91 Å². The molecule has 2 aromatic carbocycles. The largest absolute Gasteiger partial charge is 0.350 e. The molecular weight excluding hydrogens is 350 g/mol. The van der Waals surface area contributed by atoms with Crippen molar-refractivity contribution >= 4 is 16.8 Å². The maximum Gasteiger partial charge on any atom is 0.272 e. The lowest BCUT2D eigenvalue weighted by atomic mass is 9.98. The van der Waals surface area contributed by atoms with E-state index in [1.165, 1.54) is 12.1 Å². The van der Waals surface area contributed by atoms with E-state index in [1.807, 2.05) is 0 Å². The summed E-state index contributed by atoms with van der Waals surface area (Å²) in [6.45, 7) is 2.54. The van der Waals surface area contributed by atoms with Gasteiger partial charge in [-0.15, -0.1) is 0 Å². The van der Waals surface area contributed by atoms with Gasteiger partial charge in [-0.25, -0.2) is 8.78 Å². The summed E-state index contributed by atoms with van der Waals surface area (Å²) in [7, 11) is 0. The maximum absolute atomic E-state index is 14.1. The molecule has 1 fully saturated rings. The maximum atomic E-state index is 14.1. The highest BCUT2D eigenvalue weighted by atomic mass is 19.2. The van der Waals surface area contributed by atoms with E-state index in [0.29, 0.717) is 28.9 Å². The molecule has 0 atom stereocenters. The summed E-state index contributed by atoms with van der Waals surface area (Å²) >= 11 is 0. The molecule has 7 heteroatoms. The molecule has 3 N–H and O–H groups in total. The summed E-state index contributed by atoms with van der Waals surface area (Å²) in [5.41, 5.74) is 1.58. The van der Waals surface area contributed by atoms with Crippen LogP contribution in [0, 0.1) is 17.6 Å². The van der Waals surface area contributed by atoms with Gasteiger partial charge in [-0.2, -0.15) is 5.10 Å². The average Bonchev–Trinajstić information content (AvgIpc) is 3.12. The summed E-state index contributed by atoms with van der Waals surface area (Å²) in [5.74, 6) is -1.62. The van der Waals surface area contributed by atoms with Crippen LogP contribution in [0.1, 0.15) is 23.3 Å². The number of halogens is 2. The first kappa shape index (κ1) is 17.6. The highest BCUT2D eigenvalue weighted by Crippen LogP contribution is 2.28. The second kappa shape index (κ2) is 7.44. The molecule has 1 aromatic heterocycles. The summed E-state index contributed by atoms with van der Waals surface area (Å²) in [6, 6.07) is 9.10. The lowest BCUT2D eigenvalue weighted by Gasteiger charge is -2.22. The number of carbonyl (C=O) groups excluding carboxylic acids is 1. The van der Waals surface area contributed by atoms with Crippen molar-refractivity contribution in [3.05, 3.63) is 53.7 Å². The Hall–Kier alpha value is -2.80. The molecule has 0 bridgehead atoms. The number of aromatic amines is 1. The van der Waals surface area contributed by atoms with Crippen molar-refractivity contribution in [1.82, 2.24) is 20.8 Å². The van der Waals surface area contributed by atoms with Gasteiger partial charge in [0.1, 0.15) is 0 Å².